The van der Waals surface area contributed by atoms with Gasteiger partial charge >= 0.3 is 11.6 Å². The molecule has 166 valence electrons. The summed E-state index contributed by atoms with van der Waals surface area (Å²) < 4.78 is 11.0. The van der Waals surface area contributed by atoms with Gasteiger partial charge in [-0.2, -0.15) is 0 Å². The fraction of sp³-hybridized carbons (Fsp3) is 0.0800. The van der Waals surface area contributed by atoms with Gasteiger partial charge in [0.25, 0.3) is 5.91 Å². The number of rotatable bonds is 6. The minimum absolute atomic E-state index is 0.0856. The number of hydrogen-bond acceptors (Lipinski definition) is 6. The number of aliphatic carboxylic acids is 1. The molecule has 4 aromatic rings. The van der Waals surface area contributed by atoms with Crippen LogP contribution in [0, 0.1) is 0 Å². The monoisotopic (exact) mass is 445 g/mol. The summed E-state index contributed by atoms with van der Waals surface area (Å²) in [6.45, 7) is 1.24. The molecule has 1 atom stereocenters. The fourth-order valence-electron chi connectivity index (χ4n) is 3.24. The van der Waals surface area contributed by atoms with Crippen molar-refractivity contribution in [2.24, 2.45) is 0 Å². The standard InChI is InChI=1S/C25H19NO7/c1-14(24(29)30)26-23(28)21-22(27)19-12-9-16(13-20(19)33-25(21)31)15-7-10-18(11-8-15)32-17-5-3-2-4-6-17/h2-14,27H,1H3,(H,26,28)(H,29,30). The van der Waals surface area contributed by atoms with Crippen LogP contribution in [0.15, 0.2) is 82.0 Å². The molecule has 3 aromatic carbocycles. The first kappa shape index (κ1) is 21.6. The number of benzene rings is 3. The summed E-state index contributed by atoms with van der Waals surface area (Å²) in [5, 5.41) is 21.7. The van der Waals surface area contributed by atoms with Gasteiger partial charge in [-0.25, -0.2) is 4.79 Å². The van der Waals surface area contributed by atoms with Crippen LogP contribution in [0.1, 0.15) is 17.3 Å². The Bertz CT molecular complexity index is 1390. The minimum Gasteiger partial charge on any atom is -0.506 e. The molecule has 0 fully saturated rings. The van der Waals surface area contributed by atoms with Crippen LogP contribution in [0.4, 0.5) is 0 Å². The molecular formula is C25H19NO7. The van der Waals surface area contributed by atoms with E-state index in [2.05, 4.69) is 5.32 Å². The van der Waals surface area contributed by atoms with E-state index in [1.165, 1.54) is 13.0 Å². The average molecular weight is 445 g/mol. The summed E-state index contributed by atoms with van der Waals surface area (Å²) in [6, 6.07) is 20.2. The van der Waals surface area contributed by atoms with Crippen LogP contribution in [-0.4, -0.2) is 28.1 Å². The molecule has 0 spiro atoms. The van der Waals surface area contributed by atoms with E-state index in [0.717, 1.165) is 5.56 Å². The molecule has 33 heavy (non-hydrogen) atoms. The summed E-state index contributed by atoms with van der Waals surface area (Å²) in [5.74, 6) is -1.52. The van der Waals surface area contributed by atoms with E-state index in [-0.39, 0.29) is 11.0 Å². The zero-order chi connectivity index (χ0) is 23.5. The smallest absolute Gasteiger partial charge is 0.353 e. The summed E-state index contributed by atoms with van der Waals surface area (Å²) >= 11 is 0. The quantitative estimate of drug-likeness (QED) is 0.380. The van der Waals surface area contributed by atoms with Crippen LogP contribution in [0.25, 0.3) is 22.1 Å². The van der Waals surface area contributed by atoms with Gasteiger partial charge in [-0.05, 0) is 54.4 Å². The number of amides is 1. The van der Waals surface area contributed by atoms with Crippen molar-refractivity contribution in [3.05, 3.63) is 88.8 Å². The summed E-state index contributed by atoms with van der Waals surface area (Å²) in [6.07, 6.45) is 0. The van der Waals surface area contributed by atoms with Crippen LogP contribution in [0.3, 0.4) is 0 Å². The molecule has 4 rings (SSSR count). The second-order valence-electron chi connectivity index (χ2n) is 7.30. The number of carbonyl (C=O) groups is 2. The molecule has 1 aromatic heterocycles. The lowest BCUT2D eigenvalue weighted by molar-refractivity contribution is -0.138. The van der Waals surface area contributed by atoms with Crippen LogP contribution in [0.2, 0.25) is 0 Å². The van der Waals surface area contributed by atoms with Crippen molar-refractivity contribution in [2.45, 2.75) is 13.0 Å². The Morgan fingerprint density at radius 3 is 2.24 bits per heavy atom. The number of ether oxygens (including phenoxy) is 1. The molecule has 8 nitrogen and oxygen atoms in total. The Kier molecular flexibility index (Phi) is 5.82. The number of aromatic hydroxyl groups is 1. The molecule has 0 saturated carbocycles. The highest BCUT2D eigenvalue weighted by Crippen LogP contribution is 2.31. The Morgan fingerprint density at radius 1 is 0.939 bits per heavy atom. The third-order valence-corrected chi connectivity index (χ3v) is 4.99. The minimum atomic E-state index is -1.28. The van der Waals surface area contributed by atoms with E-state index in [1.54, 1.807) is 24.3 Å². The first-order valence-corrected chi connectivity index (χ1v) is 10.0. The summed E-state index contributed by atoms with van der Waals surface area (Å²) in [7, 11) is 0. The van der Waals surface area contributed by atoms with Crippen molar-refractivity contribution < 1.29 is 29.0 Å². The van der Waals surface area contributed by atoms with Gasteiger partial charge < -0.3 is 24.7 Å². The zero-order valence-corrected chi connectivity index (χ0v) is 17.4. The second kappa shape index (κ2) is 8.88. The van der Waals surface area contributed by atoms with E-state index in [9.17, 15) is 19.5 Å². The summed E-state index contributed by atoms with van der Waals surface area (Å²) in [5.41, 5.74) is -0.100. The Labute approximate surface area is 187 Å². The Morgan fingerprint density at radius 2 is 1.58 bits per heavy atom. The van der Waals surface area contributed by atoms with Gasteiger partial charge in [-0.3, -0.25) is 9.59 Å². The van der Waals surface area contributed by atoms with Crippen molar-refractivity contribution in [1.82, 2.24) is 5.32 Å². The zero-order valence-electron chi connectivity index (χ0n) is 17.4. The number of nitrogens with one attached hydrogen (secondary N) is 1. The number of carboxylic acids is 1. The van der Waals surface area contributed by atoms with Crippen LogP contribution >= 0.6 is 0 Å². The van der Waals surface area contributed by atoms with Gasteiger partial charge in [0, 0.05) is 0 Å². The first-order chi connectivity index (χ1) is 15.8. The van der Waals surface area contributed by atoms with Gasteiger partial charge in [0.05, 0.1) is 5.39 Å². The Balaban J connectivity index is 1.63. The van der Waals surface area contributed by atoms with E-state index in [0.29, 0.717) is 17.1 Å². The molecule has 0 bridgehead atoms. The third-order valence-electron chi connectivity index (χ3n) is 4.99. The Hall–Kier alpha value is -4.59. The number of para-hydroxylation sites is 1. The lowest BCUT2D eigenvalue weighted by Crippen LogP contribution is -2.40. The lowest BCUT2D eigenvalue weighted by atomic mass is 10.0. The molecule has 0 aliphatic heterocycles. The lowest BCUT2D eigenvalue weighted by Gasteiger charge is -2.11. The molecule has 1 unspecified atom stereocenters. The second-order valence-corrected chi connectivity index (χ2v) is 7.30. The van der Waals surface area contributed by atoms with Gasteiger partial charge in [0.2, 0.25) is 0 Å². The fourth-order valence-corrected chi connectivity index (χ4v) is 3.24. The molecule has 0 radical (unpaired) electrons. The van der Waals surface area contributed by atoms with Crippen LogP contribution in [0.5, 0.6) is 17.2 Å². The maximum Gasteiger partial charge on any atom is 0.353 e. The third kappa shape index (κ3) is 4.54. The maximum atomic E-state index is 12.4. The van der Waals surface area contributed by atoms with Crippen molar-refractivity contribution >= 4 is 22.8 Å². The summed E-state index contributed by atoms with van der Waals surface area (Å²) in [4.78, 5) is 35.6. The molecule has 3 N–H and O–H groups in total. The topological polar surface area (TPSA) is 126 Å². The number of fused-ring (bicyclic) bond motifs is 1. The number of hydrogen-bond donors (Lipinski definition) is 3. The SMILES string of the molecule is CC(NC(=O)c1c(O)c2ccc(-c3ccc(Oc4ccccc4)cc3)cc2oc1=O)C(=O)O. The van der Waals surface area contributed by atoms with Gasteiger partial charge in [0.1, 0.15) is 28.9 Å². The number of carbonyl (C=O) groups excluding carboxylic acids is 1. The number of carboxylic acid groups (broad SMARTS) is 1. The molecule has 0 aliphatic rings. The highest BCUT2D eigenvalue weighted by molar-refractivity contribution is 6.03. The molecule has 0 aliphatic carbocycles. The molecule has 1 amide bonds. The van der Waals surface area contributed by atoms with Crippen molar-refractivity contribution in [3.63, 3.8) is 0 Å². The van der Waals surface area contributed by atoms with Crippen molar-refractivity contribution in [1.29, 1.82) is 0 Å². The molecule has 1 heterocycles. The van der Waals surface area contributed by atoms with E-state index < -0.39 is 34.9 Å². The predicted octanol–water partition coefficient (Wildman–Crippen LogP) is 4.16. The molecule has 8 heteroatoms. The average Bonchev–Trinajstić information content (AvgIpc) is 2.79. The van der Waals surface area contributed by atoms with E-state index in [1.807, 2.05) is 42.5 Å². The van der Waals surface area contributed by atoms with E-state index in [4.69, 9.17) is 14.3 Å². The first-order valence-electron chi connectivity index (χ1n) is 10.0. The maximum absolute atomic E-state index is 12.4. The van der Waals surface area contributed by atoms with Crippen molar-refractivity contribution in [2.75, 3.05) is 0 Å². The van der Waals surface area contributed by atoms with Crippen LogP contribution < -0.4 is 15.7 Å². The molecular weight excluding hydrogens is 426 g/mol. The van der Waals surface area contributed by atoms with Crippen LogP contribution in [-0.2, 0) is 4.79 Å². The predicted molar refractivity (Wildman–Crippen MR) is 121 cm³/mol. The largest absolute Gasteiger partial charge is 0.506 e. The molecule has 0 saturated heterocycles. The van der Waals surface area contributed by atoms with Gasteiger partial charge in [-0.15, -0.1) is 0 Å². The van der Waals surface area contributed by atoms with E-state index >= 15 is 0 Å². The highest BCUT2D eigenvalue weighted by Gasteiger charge is 2.24. The highest BCUT2D eigenvalue weighted by atomic mass is 16.5. The van der Waals surface area contributed by atoms with Gasteiger partial charge in [-0.1, -0.05) is 36.4 Å². The van der Waals surface area contributed by atoms with Gasteiger partial charge in [0.15, 0.2) is 5.56 Å². The normalized spacial score (nSPS) is 11.7. The van der Waals surface area contributed by atoms with Crippen molar-refractivity contribution in [3.8, 4) is 28.4 Å².